The van der Waals surface area contributed by atoms with Gasteiger partial charge in [-0.05, 0) is 24.1 Å². The number of aryl methyl sites for hydroxylation is 1. The number of piperazine rings is 1. The summed E-state index contributed by atoms with van der Waals surface area (Å²) < 4.78 is 1.93. The fourth-order valence-electron chi connectivity index (χ4n) is 4.10. The Bertz CT molecular complexity index is 1170. The van der Waals surface area contributed by atoms with Crippen LogP contribution in [0.4, 0.5) is 0 Å². The van der Waals surface area contributed by atoms with Crippen LogP contribution in [0, 0.1) is 0 Å². The van der Waals surface area contributed by atoms with Crippen molar-refractivity contribution in [2.45, 2.75) is 18.9 Å². The lowest BCUT2D eigenvalue weighted by atomic mass is 9.87. The van der Waals surface area contributed by atoms with Gasteiger partial charge in [-0.2, -0.15) is 0 Å². The number of hydrogen-bond acceptors (Lipinski definition) is 3. The van der Waals surface area contributed by atoms with Crippen LogP contribution in [0.25, 0.3) is 17.5 Å². The van der Waals surface area contributed by atoms with E-state index in [1.807, 2.05) is 79.3 Å². The van der Waals surface area contributed by atoms with Crippen molar-refractivity contribution < 1.29 is 9.59 Å². The Balaban J connectivity index is 1.73. The van der Waals surface area contributed by atoms with Crippen LogP contribution in [0.2, 0.25) is 0 Å². The molecule has 1 unspecified atom stereocenters. The molecule has 1 aliphatic rings. The van der Waals surface area contributed by atoms with E-state index in [2.05, 4.69) is 4.98 Å². The van der Waals surface area contributed by atoms with Crippen molar-refractivity contribution in [3.05, 3.63) is 83.8 Å². The molecule has 0 radical (unpaired) electrons. The van der Waals surface area contributed by atoms with Gasteiger partial charge >= 0.3 is 0 Å². The second-order valence-electron chi connectivity index (χ2n) is 8.14. The van der Waals surface area contributed by atoms with Crippen molar-refractivity contribution in [1.82, 2.24) is 19.4 Å². The first-order valence-corrected chi connectivity index (χ1v) is 10.2. The highest BCUT2D eigenvalue weighted by Crippen LogP contribution is 2.32. The molecule has 0 saturated carbocycles. The number of amides is 2. The molecule has 6 heteroatoms. The summed E-state index contributed by atoms with van der Waals surface area (Å²) in [5.41, 5.74) is 2.14. The molecule has 1 atom stereocenters. The zero-order valence-electron chi connectivity index (χ0n) is 18.2. The summed E-state index contributed by atoms with van der Waals surface area (Å²) in [6.07, 6.45) is 5.85. The molecule has 158 valence electrons. The molecule has 0 N–H and O–H groups in total. The molecule has 3 aromatic rings. The average Bonchev–Trinajstić information content (AvgIpc) is 3.21. The molecule has 2 heterocycles. The zero-order valence-corrected chi connectivity index (χ0v) is 18.2. The van der Waals surface area contributed by atoms with E-state index in [-0.39, 0.29) is 11.8 Å². The van der Waals surface area contributed by atoms with Gasteiger partial charge in [0.1, 0.15) is 17.1 Å². The second kappa shape index (κ2) is 7.87. The standard InChI is InChI=1S/C25H26N4O2/c1-25(17-18-10-6-5-7-11-18)24(31)28(3)21(23(30)29(25)4)16-19-12-8-9-13-20(19)22-26-14-15-27(22)2/h5-16H,17H2,1-4H3. The largest absolute Gasteiger partial charge is 0.334 e. The molecular weight excluding hydrogens is 388 g/mol. The third kappa shape index (κ3) is 3.54. The van der Waals surface area contributed by atoms with E-state index in [0.717, 1.165) is 22.5 Å². The van der Waals surface area contributed by atoms with Gasteiger partial charge < -0.3 is 14.4 Å². The highest BCUT2D eigenvalue weighted by Gasteiger charge is 2.48. The molecule has 1 aromatic heterocycles. The smallest absolute Gasteiger partial charge is 0.271 e. The minimum absolute atomic E-state index is 0.112. The summed E-state index contributed by atoms with van der Waals surface area (Å²) in [6, 6.07) is 17.5. The molecule has 1 fully saturated rings. The number of imidazole rings is 1. The summed E-state index contributed by atoms with van der Waals surface area (Å²) in [5.74, 6) is 0.501. The molecule has 2 amide bonds. The number of carbonyl (C=O) groups excluding carboxylic acids is 2. The van der Waals surface area contributed by atoms with Crippen molar-refractivity contribution in [3.63, 3.8) is 0 Å². The van der Waals surface area contributed by atoms with E-state index >= 15 is 0 Å². The Kier molecular flexibility index (Phi) is 5.23. The van der Waals surface area contributed by atoms with Gasteiger partial charge in [0.25, 0.3) is 11.8 Å². The number of rotatable bonds is 4. The van der Waals surface area contributed by atoms with Crippen LogP contribution >= 0.6 is 0 Å². The fraction of sp³-hybridized carbons (Fsp3) is 0.240. The number of likely N-dealkylation sites (N-methyl/N-ethyl adjacent to an activating group) is 2. The number of nitrogens with zero attached hydrogens (tertiary/aromatic N) is 4. The topological polar surface area (TPSA) is 58.4 Å². The van der Waals surface area contributed by atoms with E-state index in [1.54, 1.807) is 31.3 Å². The van der Waals surface area contributed by atoms with Crippen molar-refractivity contribution in [2.75, 3.05) is 14.1 Å². The summed E-state index contributed by atoms with van der Waals surface area (Å²) in [4.78, 5) is 34.3. The van der Waals surface area contributed by atoms with Crippen LogP contribution in [-0.2, 0) is 23.1 Å². The first-order chi connectivity index (χ1) is 14.8. The predicted octanol–water partition coefficient (Wildman–Crippen LogP) is 3.36. The minimum Gasteiger partial charge on any atom is -0.334 e. The Morgan fingerprint density at radius 2 is 1.65 bits per heavy atom. The van der Waals surface area contributed by atoms with Crippen LogP contribution in [0.15, 0.2) is 72.7 Å². The Hall–Kier alpha value is -3.67. The van der Waals surface area contributed by atoms with Gasteiger partial charge in [0.15, 0.2) is 0 Å². The summed E-state index contributed by atoms with van der Waals surface area (Å²) in [5, 5.41) is 0. The maximum Gasteiger partial charge on any atom is 0.271 e. The summed E-state index contributed by atoms with van der Waals surface area (Å²) in [7, 11) is 5.30. The Labute approximate surface area is 182 Å². The monoisotopic (exact) mass is 414 g/mol. The van der Waals surface area contributed by atoms with E-state index in [4.69, 9.17) is 0 Å². The lowest BCUT2D eigenvalue weighted by Gasteiger charge is -2.45. The third-order valence-corrected chi connectivity index (χ3v) is 6.10. The van der Waals surface area contributed by atoms with Crippen LogP contribution in [0.3, 0.4) is 0 Å². The van der Waals surface area contributed by atoms with Crippen LogP contribution in [-0.4, -0.2) is 50.8 Å². The Morgan fingerprint density at radius 1 is 0.968 bits per heavy atom. The zero-order chi connectivity index (χ0) is 22.2. The lowest BCUT2D eigenvalue weighted by molar-refractivity contribution is -0.155. The molecular formula is C25H26N4O2. The molecule has 31 heavy (non-hydrogen) atoms. The average molecular weight is 415 g/mol. The number of carbonyl (C=O) groups is 2. The fourth-order valence-corrected chi connectivity index (χ4v) is 4.10. The van der Waals surface area contributed by atoms with Gasteiger partial charge in [-0.3, -0.25) is 9.59 Å². The van der Waals surface area contributed by atoms with Crippen LogP contribution in [0.5, 0.6) is 0 Å². The molecule has 0 bridgehead atoms. The molecule has 4 rings (SSSR count). The predicted molar refractivity (Wildman–Crippen MR) is 121 cm³/mol. The van der Waals surface area contributed by atoms with Gasteiger partial charge in [-0.1, -0.05) is 54.6 Å². The van der Waals surface area contributed by atoms with E-state index < -0.39 is 5.54 Å². The molecule has 1 aliphatic heterocycles. The van der Waals surface area contributed by atoms with Crippen molar-refractivity contribution >= 4 is 17.9 Å². The maximum absolute atomic E-state index is 13.5. The summed E-state index contributed by atoms with van der Waals surface area (Å²) >= 11 is 0. The minimum atomic E-state index is -0.955. The quantitative estimate of drug-likeness (QED) is 0.615. The number of benzene rings is 2. The first-order valence-electron chi connectivity index (χ1n) is 10.2. The van der Waals surface area contributed by atoms with Gasteiger partial charge in [0.05, 0.1) is 0 Å². The Morgan fingerprint density at radius 3 is 2.32 bits per heavy atom. The van der Waals surface area contributed by atoms with Gasteiger partial charge in [-0.15, -0.1) is 0 Å². The number of hydrogen-bond donors (Lipinski definition) is 0. The maximum atomic E-state index is 13.5. The van der Waals surface area contributed by atoms with Crippen molar-refractivity contribution in [2.24, 2.45) is 7.05 Å². The van der Waals surface area contributed by atoms with E-state index in [0.29, 0.717) is 12.1 Å². The second-order valence-corrected chi connectivity index (χ2v) is 8.14. The highest BCUT2D eigenvalue weighted by atomic mass is 16.2. The molecule has 2 aromatic carbocycles. The molecule has 0 spiro atoms. The normalized spacial score (nSPS) is 20.6. The van der Waals surface area contributed by atoms with Crippen molar-refractivity contribution in [3.8, 4) is 11.4 Å². The molecule has 1 saturated heterocycles. The van der Waals surface area contributed by atoms with Gasteiger partial charge in [0.2, 0.25) is 0 Å². The highest BCUT2D eigenvalue weighted by molar-refractivity contribution is 6.09. The SMILES string of the molecule is CN1C(=O)C(C)(Cc2ccccc2)N(C)C(=O)C1=Cc1ccccc1-c1nccn1C. The molecule has 6 nitrogen and oxygen atoms in total. The first kappa shape index (κ1) is 20.6. The van der Waals surface area contributed by atoms with Crippen molar-refractivity contribution in [1.29, 1.82) is 0 Å². The van der Waals surface area contributed by atoms with E-state index in [1.165, 1.54) is 4.90 Å². The van der Waals surface area contributed by atoms with Crippen LogP contribution in [0.1, 0.15) is 18.1 Å². The third-order valence-electron chi connectivity index (χ3n) is 6.10. The van der Waals surface area contributed by atoms with Gasteiger partial charge in [-0.25, -0.2) is 4.98 Å². The number of aromatic nitrogens is 2. The van der Waals surface area contributed by atoms with Crippen LogP contribution < -0.4 is 0 Å². The molecule has 0 aliphatic carbocycles. The van der Waals surface area contributed by atoms with Gasteiger partial charge in [0, 0.05) is 45.5 Å². The lowest BCUT2D eigenvalue weighted by Crippen LogP contribution is -2.64. The van der Waals surface area contributed by atoms with E-state index in [9.17, 15) is 9.59 Å². The summed E-state index contributed by atoms with van der Waals surface area (Å²) in [6.45, 7) is 1.83.